The highest BCUT2D eigenvalue weighted by molar-refractivity contribution is 9.10. The summed E-state index contributed by atoms with van der Waals surface area (Å²) >= 11 is 3.46. The summed E-state index contributed by atoms with van der Waals surface area (Å²) in [6, 6.07) is 5.06. The Balaban J connectivity index is 2.12. The van der Waals surface area contributed by atoms with Crippen LogP contribution in [-0.2, 0) is 6.54 Å². The molecule has 0 spiro atoms. The second-order valence-corrected chi connectivity index (χ2v) is 5.69. The third-order valence-corrected chi connectivity index (χ3v) is 4.44. The smallest absolute Gasteiger partial charge is 0.168 e. The zero-order chi connectivity index (χ0) is 14.9. The van der Waals surface area contributed by atoms with E-state index in [1.165, 1.54) is 0 Å². The van der Waals surface area contributed by atoms with Gasteiger partial charge in [0, 0.05) is 18.7 Å². The minimum atomic E-state index is -0.0742. The standard InChI is InChI=1S/C15H17BrN2O2/c1-9-4-5-13(19)12(8-9)14(20)6-7-18-11(3)15(16)10(2)17-18/h4-5,8,19H,6-7H2,1-3H3. The van der Waals surface area contributed by atoms with Gasteiger partial charge in [0.1, 0.15) is 5.75 Å². The first kappa shape index (κ1) is 14.8. The van der Waals surface area contributed by atoms with Gasteiger partial charge in [0.15, 0.2) is 5.78 Å². The molecule has 0 aliphatic carbocycles. The number of Topliss-reactive ketones (excluding diaryl/α,β-unsaturated/α-hetero) is 1. The molecule has 0 saturated carbocycles. The lowest BCUT2D eigenvalue weighted by molar-refractivity contribution is 0.0972. The van der Waals surface area contributed by atoms with Crippen LogP contribution in [0.3, 0.4) is 0 Å². The Kier molecular flexibility index (Phi) is 4.28. The molecule has 2 aromatic rings. The van der Waals surface area contributed by atoms with Crippen LogP contribution in [0.5, 0.6) is 5.75 Å². The van der Waals surface area contributed by atoms with Crippen LogP contribution in [0.25, 0.3) is 0 Å². The highest BCUT2D eigenvalue weighted by Crippen LogP contribution is 2.22. The van der Waals surface area contributed by atoms with E-state index in [4.69, 9.17) is 0 Å². The van der Waals surface area contributed by atoms with Crippen molar-refractivity contribution in [2.45, 2.75) is 33.7 Å². The molecule has 1 aromatic carbocycles. The van der Waals surface area contributed by atoms with E-state index >= 15 is 0 Å². The summed E-state index contributed by atoms with van der Waals surface area (Å²) < 4.78 is 2.79. The number of benzene rings is 1. The van der Waals surface area contributed by atoms with Gasteiger partial charge in [-0.3, -0.25) is 9.48 Å². The first-order valence-corrected chi connectivity index (χ1v) is 7.21. The van der Waals surface area contributed by atoms with E-state index in [-0.39, 0.29) is 11.5 Å². The Morgan fingerprint density at radius 1 is 1.35 bits per heavy atom. The topological polar surface area (TPSA) is 55.1 Å². The molecular formula is C15H17BrN2O2. The number of aromatic hydroxyl groups is 1. The van der Waals surface area contributed by atoms with Gasteiger partial charge >= 0.3 is 0 Å². The number of carbonyl (C=O) groups is 1. The van der Waals surface area contributed by atoms with E-state index in [0.717, 1.165) is 21.4 Å². The average molecular weight is 337 g/mol. The number of halogens is 1. The molecule has 20 heavy (non-hydrogen) atoms. The summed E-state index contributed by atoms with van der Waals surface area (Å²) in [5.74, 6) is -0.0370. The van der Waals surface area contributed by atoms with Crippen molar-refractivity contribution in [1.82, 2.24) is 9.78 Å². The molecule has 0 unspecified atom stereocenters. The molecular weight excluding hydrogens is 320 g/mol. The van der Waals surface area contributed by atoms with Crippen LogP contribution < -0.4 is 0 Å². The van der Waals surface area contributed by atoms with E-state index in [2.05, 4.69) is 21.0 Å². The van der Waals surface area contributed by atoms with Crippen LogP contribution in [0.4, 0.5) is 0 Å². The zero-order valence-electron chi connectivity index (χ0n) is 11.8. The van der Waals surface area contributed by atoms with E-state index in [1.807, 2.05) is 25.5 Å². The summed E-state index contributed by atoms with van der Waals surface area (Å²) in [7, 11) is 0. The predicted octanol–water partition coefficient (Wildman–Crippen LogP) is 3.55. The average Bonchev–Trinajstić information content (AvgIpc) is 2.66. The Labute approximate surface area is 126 Å². The summed E-state index contributed by atoms with van der Waals surface area (Å²) in [5.41, 5.74) is 3.25. The number of carbonyl (C=O) groups excluding carboxylic acids is 1. The van der Waals surface area contributed by atoms with Crippen molar-refractivity contribution in [3.8, 4) is 5.75 Å². The fourth-order valence-corrected chi connectivity index (χ4v) is 2.39. The zero-order valence-corrected chi connectivity index (χ0v) is 13.4. The molecule has 1 aromatic heterocycles. The van der Waals surface area contributed by atoms with Crippen molar-refractivity contribution in [2.24, 2.45) is 0 Å². The van der Waals surface area contributed by atoms with Gasteiger partial charge in [-0.05, 0) is 48.8 Å². The lowest BCUT2D eigenvalue weighted by Gasteiger charge is -2.06. The molecule has 0 fully saturated rings. The monoisotopic (exact) mass is 336 g/mol. The van der Waals surface area contributed by atoms with E-state index in [0.29, 0.717) is 18.5 Å². The second-order valence-electron chi connectivity index (χ2n) is 4.90. The maximum Gasteiger partial charge on any atom is 0.168 e. The Morgan fingerprint density at radius 2 is 2.05 bits per heavy atom. The van der Waals surface area contributed by atoms with Gasteiger partial charge in [0.2, 0.25) is 0 Å². The molecule has 0 saturated heterocycles. The Bertz CT molecular complexity index is 662. The van der Waals surface area contributed by atoms with Crippen molar-refractivity contribution >= 4 is 21.7 Å². The number of aromatic nitrogens is 2. The number of phenolic OH excluding ortho intramolecular Hbond substituents is 1. The van der Waals surface area contributed by atoms with Crippen molar-refractivity contribution in [3.63, 3.8) is 0 Å². The number of aryl methyl sites for hydroxylation is 3. The molecule has 5 heteroatoms. The number of ketones is 1. The van der Waals surface area contributed by atoms with Crippen LogP contribution >= 0.6 is 15.9 Å². The summed E-state index contributed by atoms with van der Waals surface area (Å²) in [6.07, 6.45) is 0.311. The van der Waals surface area contributed by atoms with Gasteiger partial charge in [-0.15, -0.1) is 0 Å². The molecule has 0 atom stereocenters. The van der Waals surface area contributed by atoms with Gasteiger partial charge < -0.3 is 5.11 Å². The lowest BCUT2D eigenvalue weighted by Crippen LogP contribution is -2.09. The minimum Gasteiger partial charge on any atom is -0.507 e. The Morgan fingerprint density at radius 3 is 2.65 bits per heavy atom. The van der Waals surface area contributed by atoms with Crippen molar-refractivity contribution in [1.29, 1.82) is 0 Å². The van der Waals surface area contributed by atoms with Crippen LogP contribution in [0.1, 0.15) is 33.7 Å². The first-order chi connectivity index (χ1) is 9.40. The molecule has 0 radical (unpaired) electrons. The molecule has 0 bridgehead atoms. The predicted molar refractivity (Wildman–Crippen MR) is 81.2 cm³/mol. The van der Waals surface area contributed by atoms with E-state index < -0.39 is 0 Å². The molecule has 0 aliphatic rings. The SMILES string of the molecule is Cc1ccc(O)c(C(=O)CCn2nc(C)c(Br)c2C)c1. The van der Waals surface area contributed by atoms with E-state index in [1.54, 1.807) is 18.2 Å². The number of rotatable bonds is 4. The highest BCUT2D eigenvalue weighted by atomic mass is 79.9. The van der Waals surface area contributed by atoms with Gasteiger partial charge in [-0.25, -0.2) is 0 Å². The fourth-order valence-electron chi connectivity index (χ4n) is 2.11. The third kappa shape index (κ3) is 2.93. The lowest BCUT2D eigenvalue weighted by atomic mass is 10.0. The van der Waals surface area contributed by atoms with Gasteiger partial charge in [-0.2, -0.15) is 5.10 Å². The van der Waals surface area contributed by atoms with Crippen molar-refractivity contribution < 1.29 is 9.90 Å². The van der Waals surface area contributed by atoms with Crippen molar-refractivity contribution in [3.05, 3.63) is 45.2 Å². The largest absolute Gasteiger partial charge is 0.507 e. The normalized spacial score (nSPS) is 10.8. The quantitative estimate of drug-likeness (QED) is 0.868. The summed E-state index contributed by atoms with van der Waals surface area (Å²) in [4.78, 5) is 12.2. The summed E-state index contributed by atoms with van der Waals surface area (Å²) in [5, 5.41) is 14.1. The van der Waals surface area contributed by atoms with Gasteiger partial charge in [0.25, 0.3) is 0 Å². The molecule has 106 valence electrons. The number of nitrogens with zero attached hydrogens (tertiary/aromatic N) is 2. The van der Waals surface area contributed by atoms with E-state index in [9.17, 15) is 9.90 Å². The van der Waals surface area contributed by atoms with Crippen LogP contribution in [0.2, 0.25) is 0 Å². The fraction of sp³-hybridized carbons (Fsp3) is 0.333. The summed E-state index contributed by atoms with van der Waals surface area (Å²) in [6.45, 7) is 6.28. The minimum absolute atomic E-state index is 0.0372. The molecule has 0 amide bonds. The van der Waals surface area contributed by atoms with Gasteiger partial charge in [0.05, 0.1) is 15.7 Å². The second kappa shape index (κ2) is 5.79. The number of phenols is 1. The maximum atomic E-state index is 12.2. The van der Waals surface area contributed by atoms with Crippen molar-refractivity contribution in [2.75, 3.05) is 0 Å². The molecule has 1 heterocycles. The highest BCUT2D eigenvalue weighted by Gasteiger charge is 2.14. The first-order valence-electron chi connectivity index (χ1n) is 6.42. The number of hydrogen-bond donors (Lipinski definition) is 1. The Hall–Kier alpha value is -1.62. The van der Waals surface area contributed by atoms with Crippen LogP contribution in [-0.4, -0.2) is 20.7 Å². The number of hydrogen-bond acceptors (Lipinski definition) is 3. The molecule has 2 rings (SSSR count). The third-order valence-electron chi connectivity index (χ3n) is 3.30. The van der Waals surface area contributed by atoms with Gasteiger partial charge in [-0.1, -0.05) is 11.6 Å². The molecule has 1 N–H and O–H groups in total. The molecule has 0 aliphatic heterocycles. The van der Waals surface area contributed by atoms with Crippen LogP contribution in [0, 0.1) is 20.8 Å². The molecule has 4 nitrogen and oxygen atoms in total. The maximum absolute atomic E-state index is 12.2. The van der Waals surface area contributed by atoms with Crippen LogP contribution in [0.15, 0.2) is 22.7 Å².